The number of methoxy groups -OCH3 is 1. The first-order valence-electron chi connectivity index (χ1n) is 8.65. The van der Waals surface area contributed by atoms with Crippen molar-refractivity contribution in [1.29, 1.82) is 0 Å². The average molecular weight is 380 g/mol. The van der Waals surface area contributed by atoms with Crippen molar-refractivity contribution in [3.05, 3.63) is 72.1 Å². The Balaban J connectivity index is 1.77. The van der Waals surface area contributed by atoms with E-state index in [4.69, 9.17) is 14.6 Å². The van der Waals surface area contributed by atoms with Crippen molar-refractivity contribution in [1.82, 2.24) is 9.97 Å². The first kappa shape index (κ1) is 19.3. The average Bonchev–Trinajstić information content (AvgIpc) is 2.73. The fourth-order valence-corrected chi connectivity index (χ4v) is 2.70. The van der Waals surface area contributed by atoms with E-state index in [1.54, 1.807) is 43.6 Å². The van der Waals surface area contributed by atoms with Crippen LogP contribution in [0.3, 0.4) is 0 Å². The van der Waals surface area contributed by atoms with Crippen molar-refractivity contribution >= 4 is 5.97 Å². The van der Waals surface area contributed by atoms with Crippen molar-refractivity contribution < 1.29 is 24.5 Å². The zero-order valence-corrected chi connectivity index (χ0v) is 15.3. The number of nitrogens with zero attached hydrogens (tertiary/aromatic N) is 2. The number of aliphatic carboxylic acids is 1. The van der Waals surface area contributed by atoms with E-state index in [0.29, 0.717) is 28.6 Å². The van der Waals surface area contributed by atoms with Crippen molar-refractivity contribution in [3.63, 3.8) is 0 Å². The number of benzene rings is 2. The highest BCUT2D eigenvalue weighted by Gasteiger charge is 2.16. The van der Waals surface area contributed by atoms with Gasteiger partial charge < -0.3 is 19.7 Å². The van der Waals surface area contributed by atoms with Gasteiger partial charge in [0.1, 0.15) is 18.1 Å². The maximum Gasteiger partial charge on any atom is 0.332 e. The molecule has 0 aliphatic heterocycles. The number of carbonyl (C=O) groups is 1. The molecule has 144 valence electrons. The highest BCUT2D eigenvalue weighted by atomic mass is 16.5. The number of carboxylic acid groups (broad SMARTS) is 1. The molecule has 1 heterocycles. The lowest BCUT2D eigenvalue weighted by molar-refractivity contribution is -0.146. The lowest BCUT2D eigenvalue weighted by Crippen LogP contribution is -2.22. The molecular weight excluding hydrogens is 360 g/mol. The van der Waals surface area contributed by atoms with E-state index in [-0.39, 0.29) is 13.0 Å². The zero-order valence-electron chi connectivity index (χ0n) is 15.3. The molecule has 0 radical (unpaired) electrons. The second kappa shape index (κ2) is 8.96. The predicted molar refractivity (Wildman–Crippen MR) is 102 cm³/mol. The van der Waals surface area contributed by atoms with Crippen LogP contribution < -0.4 is 9.47 Å². The molecule has 2 aromatic carbocycles. The first-order chi connectivity index (χ1) is 13.6. The number of hydrogen-bond donors (Lipinski definition) is 2. The van der Waals surface area contributed by atoms with Gasteiger partial charge in [0.2, 0.25) is 0 Å². The molecule has 0 aliphatic rings. The monoisotopic (exact) mass is 380 g/mol. The highest BCUT2D eigenvalue weighted by molar-refractivity contribution is 5.72. The number of para-hydroxylation sites is 2. The molecule has 3 aromatic rings. The third kappa shape index (κ3) is 4.63. The molecule has 0 saturated carbocycles. The Bertz CT molecular complexity index is 961. The van der Waals surface area contributed by atoms with Crippen LogP contribution in [0.1, 0.15) is 11.3 Å². The van der Waals surface area contributed by atoms with Gasteiger partial charge in [-0.05, 0) is 29.8 Å². The summed E-state index contributed by atoms with van der Waals surface area (Å²) < 4.78 is 11.2. The van der Waals surface area contributed by atoms with E-state index in [2.05, 4.69) is 9.97 Å². The van der Waals surface area contributed by atoms with E-state index in [0.717, 1.165) is 5.56 Å². The maximum atomic E-state index is 10.9. The van der Waals surface area contributed by atoms with Crippen molar-refractivity contribution in [2.75, 3.05) is 7.11 Å². The molecule has 0 amide bonds. The van der Waals surface area contributed by atoms with E-state index < -0.39 is 12.1 Å². The molecule has 0 unspecified atom stereocenters. The van der Waals surface area contributed by atoms with Crippen LogP contribution in [0.15, 0.2) is 60.8 Å². The molecule has 3 rings (SSSR count). The number of carboxylic acids is 1. The fourth-order valence-electron chi connectivity index (χ4n) is 2.70. The Morgan fingerprint density at radius 2 is 1.79 bits per heavy atom. The minimum Gasteiger partial charge on any atom is -0.496 e. The van der Waals surface area contributed by atoms with Gasteiger partial charge >= 0.3 is 5.97 Å². The lowest BCUT2D eigenvalue weighted by Gasteiger charge is -2.13. The minimum atomic E-state index is -1.49. The number of aliphatic hydroxyl groups is 1. The number of rotatable bonds is 8. The molecule has 0 bridgehead atoms. The summed E-state index contributed by atoms with van der Waals surface area (Å²) in [7, 11) is 1.59. The van der Waals surface area contributed by atoms with Gasteiger partial charge in [-0.15, -0.1) is 0 Å². The summed E-state index contributed by atoms with van der Waals surface area (Å²) in [5.74, 6) is 0.425. The molecule has 28 heavy (non-hydrogen) atoms. The third-order valence-corrected chi connectivity index (χ3v) is 4.11. The SMILES string of the molecule is COc1ccccc1-c1nccc(COc2ccccc2C[C@@H](O)C(=O)O)n1. The van der Waals surface area contributed by atoms with Gasteiger partial charge in [-0.3, -0.25) is 0 Å². The Hall–Kier alpha value is -3.45. The quantitative estimate of drug-likeness (QED) is 0.619. The summed E-state index contributed by atoms with van der Waals surface area (Å²) in [6, 6.07) is 16.2. The van der Waals surface area contributed by atoms with Crippen LogP contribution >= 0.6 is 0 Å². The van der Waals surface area contributed by atoms with Crippen LogP contribution in [0.25, 0.3) is 11.4 Å². The highest BCUT2D eigenvalue weighted by Crippen LogP contribution is 2.27. The van der Waals surface area contributed by atoms with Crippen molar-refractivity contribution in [3.8, 4) is 22.9 Å². The molecule has 1 atom stereocenters. The second-order valence-electron chi connectivity index (χ2n) is 6.03. The van der Waals surface area contributed by atoms with Crippen LogP contribution in [0.5, 0.6) is 11.5 Å². The molecule has 1 aromatic heterocycles. The van der Waals surface area contributed by atoms with E-state index in [1.165, 1.54) is 0 Å². The van der Waals surface area contributed by atoms with Crippen LogP contribution in [-0.2, 0) is 17.8 Å². The van der Waals surface area contributed by atoms with E-state index in [9.17, 15) is 9.90 Å². The number of aliphatic hydroxyl groups excluding tert-OH is 1. The third-order valence-electron chi connectivity index (χ3n) is 4.11. The second-order valence-corrected chi connectivity index (χ2v) is 6.03. The Kier molecular flexibility index (Phi) is 6.18. The van der Waals surface area contributed by atoms with E-state index in [1.807, 2.05) is 24.3 Å². The number of hydrogen-bond acceptors (Lipinski definition) is 6. The summed E-state index contributed by atoms with van der Waals surface area (Å²) >= 11 is 0. The smallest absolute Gasteiger partial charge is 0.332 e. The molecule has 0 saturated heterocycles. The first-order valence-corrected chi connectivity index (χ1v) is 8.65. The zero-order chi connectivity index (χ0) is 19.9. The minimum absolute atomic E-state index is 0.0399. The van der Waals surface area contributed by atoms with Gasteiger partial charge in [0.15, 0.2) is 11.9 Å². The molecule has 0 spiro atoms. The van der Waals surface area contributed by atoms with Crippen molar-refractivity contribution in [2.24, 2.45) is 0 Å². The fraction of sp³-hybridized carbons (Fsp3) is 0.190. The summed E-state index contributed by atoms with van der Waals surface area (Å²) in [5.41, 5.74) is 2.04. The van der Waals surface area contributed by atoms with Gasteiger partial charge in [0.05, 0.1) is 18.4 Å². The summed E-state index contributed by atoms with van der Waals surface area (Å²) in [5, 5.41) is 18.5. The topological polar surface area (TPSA) is 102 Å². The van der Waals surface area contributed by atoms with Crippen LogP contribution in [0, 0.1) is 0 Å². The molecule has 2 N–H and O–H groups in total. The summed E-state index contributed by atoms with van der Waals surface area (Å²) in [6.45, 7) is 0.171. The number of aromatic nitrogens is 2. The van der Waals surface area contributed by atoms with Gasteiger partial charge in [-0.2, -0.15) is 0 Å². The summed E-state index contributed by atoms with van der Waals surface area (Å²) in [4.78, 5) is 19.7. The van der Waals surface area contributed by atoms with Crippen LogP contribution in [0.4, 0.5) is 0 Å². The Morgan fingerprint density at radius 1 is 1.07 bits per heavy atom. The lowest BCUT2D eigenvalue weighted by atomic mass is 10.1. The molecule has 0 fully saturated rings. The number of ether oxygens (including phenoxy) is 2. The Labute approximate surface area is 162 Å². The molecule has 0 aliphatic carbocycles. The standard InChI is InChI=1S/C21H20N2O5/c1-27-19-9-5-3-7-16(19)20-22-11-10-15(23-20)13-28-18-8-4-2-6-14(18)12-17(24)21(25)26/h2-11,17,24H,12-13H2,1H3,(H,25,26)/t17-/m1/s1. The van der Waals surface area contributed by atoms with E-state index >= 15 is 0 Å². The van der Waals surface area contributed by atoms with Gasteiger partial charge in [-0.1, -0.05) is 30.3 Å². The summed E-state index contributed by atoms with van der Waals surface area (Å²) in [6.07, 6.45) is 0.121. The molecule has 7 heteroatoms. The maximum absolute atomic E-state index is 10.9. The van der Waals surface area contributed by atoms with Gasteiger partial charge in [-0.25, -0.2) is 14.8 Å². The normalized spacial score (nSPS) is 11.6. The molecular formula is C21H20N2O5. The Morgan fingerprint density at radius 3 is 2.54 bits per heavy atom. The van der Waals surface area contributed by atoms with Crippen LogP contribution in [0.2, 0.25) is 0 Å². The predicted octanol–water partition coefficient (Wildman–Crippen LogP) is 2.72. The van der Waals surface area contributed by atoms with Gasteiger partial charge in [0.25, 0.3) is 0 Å². The van der Waals surface area contributed by atoms with Crippen LogP contribution in [-0.4, -0.2) is 39.4 Å². The molecule has 7 nitrogen and oxygen atoms in total. The van der Waals surface area contributed by atoms with Crippen molar-refractivity contribution in [2.45, 2.75) is 19.1 Å². The largest absolute Gasteiger partial charge is 0.496 e. The van der Waals surface area contributed by atoms with Gasteiger partial charge in [0, 0.05) is 12.6 Å².